The Bertz CT molecular complexity index is 145. The van der Waals surface area contributed by atoms with E-state index in [0.29, 0.717) is 0 Å². The van der Waals surface area contributed by atoms with E-state index in [2.05, 4.69) is 0 Å². The summed E-state index contributed by atoms with van der Waals surface area (Å²) in [6.45, 7) is 5.55. The van der Waals surface area contributed by atoms with Crippen LogP contribution in [0.5, 0.6) is 0 Å². The zero-order valence-electron chi connectivity index (χ0n) is 8.08. The van der Waals surface area contributed by atoms with Crippen molar-refractivity contribution in [2.75, 3.05) is 0 Å². The van der Waals surface area contributed by atoms with Crippen molar-refractivity contribution < 1.29 is 9.90 Å². The third-order valence-electron chi connectivity index (χ3n) is 2.13. The molecular weight excluding hydrogens is 154 g/mol. The number of Topliss-reactive ketones (excluding diaryl/α,β-unsaturated/α-hetero) is 1. The fourth-order valence-electron chi connectivity index (χ4n) is 0.999. The molecule has 72 valence electrons. The third kappa shape index (κ3) is 3.83. The SMILES string of the molecule is CC[C@H](C)[C@H](N)C(=O)CC(C)O. The molecule has 0 aromatic rings. The molecule has 0 aliphatic heterocycles. The molecule has 3 heteroatoms. The Balaban J connectivity index is 3.92. The van der Waals surface area contributed by atoms with E-state index in [1.807, 2.05) is 13.8 Å². The molecule has 0 heterocycles. The summed E-state index contributed by atoms with van der Waals surface area (Å²) in [7, 11) is 0. The van der Waals surface area contributed by atoms with Gasteiger partial charge in [0.05, 0.1) is 12.1 Å². The number of rotatable bonds is 5. The van der Waals surface area contributed by atoms with E-state index in [1.165, 1.54) is 0 Å². The molecule has 12 heavy (non-hydrogen) atoms. The van der Waals surface area contributed by atoms with E-state index in [1.54, 1.807) is 6.92 Å². The second-order valence-electron chi connectivity index (χ2n) is 3.43. The second-order valence-corrected chi connectivity index (χ2v) is 3.43. The van der Waals surface area contributed by atoms with Crippen molar-refractivity contribution in [2.45, 2.75) is 45.8 Å². The first kappa shape index (κ1) is 11.6. The van der Waals surface area contributed by atoms with Crippen LogP contribution in [0, 0.1) is 5.92 Å². The van der Waals surface area contributed by atoms with Crippen LogP contribution in [-0.4, -0.2) is 23.0 Å². The average Bonchev–Trinajstić information content (AvgIpc) is 2.00. The Kier molecular flexibility index (Phi) is 5.09. The maximum absolute atomic E-state index is 11.3. The topological polar surface area (TPSA) is 63.3 Å². The highest BCUT2D eigenvalue weighted by Gasteiger charge is 2.20. The number of nitrogens with two attached hydrogens (primary N) is 1. The van der Waals surface area contributed by atoms with Crippen LogP contribution in [-0.2, 0) is 4.79 Å². The standard InChI is InChI=1S/C9H19NO2/c1-4-6(2)9(10)8(12)5-7(3)11/h6-7,9,11H,4-5,10H2,1-3H3/t6-,7?,9-/m0/s1. The van der Waals surface area contributed by atoms with E-state index >= 15 is 0 Å². The average molecular weight is 173 g/mol. The van der Waals surface area contributed by atoms with Crippen molar-refractivity contribution in [1.82, 2.24) is 0 Å². The summed E-state index contributed by atoms with van der Waals surface area (Å²) in [5.41, 5.74) is 5.66. The number of ketones is 1. The van der Waals surface area contributed by atoms with Crippen LogP contribution in [0.25, 0.3) is 0 Å². The molecule has 0 bridgehead atoms. The minimum absolute atomic E-state index is 0.0423. The molecule has 0 saturated carbocycles. The van der Waals surface area contributed by atoms with Gasteiger partial charge >= 0.3 is 0 Å². The molecule has 0 radical (unpaired) electrons. The Morgan fingerprint density at radius 3 is 2.33 bits per heavy atom. The van der Waals surface area contributed by atoms with E-state index in [0.717, 1.165) is 6.42 Å². The predicted molar refractivity (Wildman–Crippen MR) is 48.7 cm³/mol. The van der Waals surface area contributed by atoms with Crippen molar-refractivity contribution in [2.24, 2.45) is 11.7 Å². The molecule has 1 unspecified atom stereocenters. The molecular formula is C9H19NO2. The zero-order chi connectivity index (χ0) is 9.72. The van der Waals surface area contributed by atoms with Gasteiger partial charge in [-0.3, -0.25) is 4.79 Å². The van der Waals surface area contributed by atoms with Crippen LogP contribution in [0.1, 0.15) is 33.6 Å². The minimum Gasteiger partial charge on any atom is -0.393 e. The van der Waals surface area contributed by atoms with Gasteiger partial charge in [0.25, 0.3) is 0 Å². The highest BCUT2D eigenvalue weighted by atomic mass is 16.3. The molecule has 3 N–H and O–H groups in total. The summed E-state index contributed by atoms with van der Waals surface area (Å²) in [6, 6.07) is -0.412. The Labute approximate surface area is 74.0 Å². The second kappa shape index (κ2) is 5.27. The largest absolute Gasteiger partial charge is 0.393 e. The van der Waals surface area contributed by atoms with E-state index in [9.17, 15) is 4.79 Å². The summed E-state index contributed by atoms with van der Waals surface area (Å²) in [5.74, 6) is 0.163. The van der Waals surface area contributed by atoms with Crippen molar-refractivity contribution in [1.29, 1.82) is 0 Å². The molecule has 0 aromatic carbocycles. The van der Waals surface area contributed by atoms with Gasteiger partial charge in [-0.25, -0.2) is 0 Å². The number of hydrogen-bond donors (Lipinski definition) is 2. The first-order valence-electron chi connectivity index (χ1n) is 4.45. The van der Waals surface area contributed by atoms with Crippen LogP contribution in [0.4, 0.5) is 0 Å². The molecule has 3 atom stereocenters. The fourth-order valence-corrected chi connectivity index (χ4v) is 0.999. The summed E-state index contributed by atoms with van der Waals surface area (Å²) in [4.78, 5) is 11.3. The quantitative estimate of drug-likeness (QED) is 0.643. The van der Waals surface area contributed by atoms with Crippen molar-refractivity contribution in [3.05, 3.63) is 0 Å². The molecule has 0 fully saturated rings. The summed E-state index contributed by atoms with van der Waals surface area (Å²) in [6.07, 6.45) is 0.491. The van der Waals surface area contributed by atoms with E-state index < -0.39 is 12.1 Å². The lowest BCUT2D eigenvalue weighted by molar-refractivity contribution is -0.123. The highest BCUT2D eigenvalue weighted by Crippen LogP contribution is 2.08. The molecule has 0 aliphatic carbocycles. The van der Waals surface area contributed by atoms with Gasteiger partial charge in [0.15, 0.2) is 5.78 Å². The van der Waals surface area contributed by atoms with E-state index in [4.69, 9.17) is 10.8 Å². The van der Waals surface area contributed by atoms with Gasteiger partial charge in [0.1, 0.15) is 0 Å². The number of aliphatic hydroxyl groups is 1. The maximum atomic E-state index is 11.3. The number of carbonyl (C=O) groups is 1. The summed E-state index contributed by atoms with van der Waals surface area (Å²) >= 11 is 0. The number of aliphatic hydroxyl groups excluding tert-OH is 1. The molecule has 0 aliphatic rings. The van der Waals surface area contributed by atoms with Crippen LogP contribution in [0.3, 0.4) is 0 Å². The van der Waals surface area contributed by atoms with Crippen LogP contribution < -0.4 is 5.73 Å². The highest BCUT2D eigenvalue weighted by molar-refractivity contribution is 5.84. The predicted octanol–water partition coefficient (Wildman–Crippen LogP) is 0.700. The van der Waals surface area contributed by atoms with Crippen LogP contribution >= 0.6 is 0 Å². The Morgan fingerprint density at radius 2 is 2.00 bits per heavy atom. The maximum Gasteiger partial charge on any atom is 0.152 e. The zero-order valence-corrected chi connectivity index (χ0v) is 8.08. The van der Waals surface area contributed by atoms with Gasteiger partial charge < -0.3 is 10.8 Å². The van der Waals surface area contributed by atoms with Crippen molar-refractivity contribution in [3.63, 3.8) is 0 Å². The number of hydrogen-bond acceptors (Lipinski definition) is 3. The lowest BCUT2D eigenvalue weighted by Crippen LogP contribution is -2.37. The Morgan fingerprint density at radius 1 is 1.50 bits per heavy atom. The van der Waals surface area contributed by atoms with Gasteiger partial charge in [-0.1, -0.05) is 20.3 Å². The lowest BCUT2D eigenvalue weighted by Gasteiger charge is -2.17. The van der Waals surface area contributed by atoms with Crippen molar-refractivity contribution >= 4 is 5.78 Å². The smallest absolute Gasteiger partial charge is 0.152 e. The van der Waals surface area contributed by atoms with Gasteiger partial charge in [-0.15, -0.1) is 0 Å². The first-order valence-corrected chi connectivity index (χ1v) is 4.45. The molecule has 3 nitrogen and oxygen atoms in total. The molecule has 0 spiro atoms. The molecule has 0 aromatic heterocycles. The van der Waals surface area contributed by atoms with Crippen molar-refractivity contribution in [3.8, 4) is 0 Å². The monoisotopic (exact) mass is 173 g/mol. The lowest BCUT2D eigenvalue weighted by atomic mass is 9.94. The minimum atomic E-state index is -0.576. The van der Waals surface area contributed by atoms with E-state index in [-0.39, 0.29) is 18.1 Å². The van der Waals surface area contributed by atoms with Gasteiger partial charge in [0.2, 0.25) is 0 Å². The van der Waals surface area contributed by atoms with Gasteiger partial charge in [0, 0.05) is 6.42 Å². The number of carbonyl (C=O) groups excluding carboxylic acids is 1. The summed E-state index contributed by atoms with van der Waals surface area (Å²) in [5, 5.41) is 8.95. The first-order chi connectivity index (χ1) is 5.49. The molecule has 0 rings (SSSR count). The third-order valence-corrected chi connectivity index (χ3v) is 2.13. The van der Waals surface area contributed by atoms with Crippen LogP contribution in [0.15, 0.2) is 0 Å². The van der Waals surface area contributed by atoms with Gasteiger partial charge in [-0.05, 0) is 12.8 Å². The molecule has 0 amide bonds. The normalized spacial score (nSPS) is 18.4. The fraction of sp³-hybridized carbons (Fsp3) is 0.889. The van der Waals surface area contributed by atoms with Crippen LogP contribution in [0.2, 0.25) is 0 Å². The Hall–Kier alpha value is -0.410. The van der Waals surface area contributed by atoms with Gasteiger partial charge in [-0.2, -0.15) is 0 Å². The molecule has 0 saturated heterocycles. The summed E-state index contributed by atoms with van der Waals surface area (Å²) < 4.78 is 0.